The molecule has 1 aromatic heterocycles. The Balaban J connectivity index is 2.31. The molecule has 6 heteroatoms. The number of pyridine rings is 1. The number of rotatable bonds is 3. The molecule has 5 nitrogen and oxygen atoms in total. The molecule has 1 amide bonds. The topological polar surface area (TPSA) is 79.3 Å². The third-order valence-corrected chi connectivity index (χ3v) is 2.63. The molecule has 1 aromatic carbocycles. The van der Waals surface area contributed by atoms with E-state index in [9.17, 15) is 14.0 Å². The van der Waals surface area contributed by atoms with Crippen molar-refractivity contribution < 1.29 is 19.1 Å². The van der Waals surface area contributed by atoms with Crippen LogP contribution in [0.25, 0.3) is 0 Å². The van der Waals surface area contributed by atoms with Crippen molar-refractivity contribution >= 4 is 17.6 Å². The second-order valence-electron chi connectivity index (χ2n) is 4.14. The van der Waals surface area contributed by atoms with Gasteiger partial charge in [0.1, 0.15) is 11.5 Å². The van der Waals surface area contributed by atoms with Crippen molar-refractivity contribution in [3.8, 4) is 0 Å². The van der Waals surface area contributed by atoms with E-state index in [1.165, 1.54) is 30.5 Å². The van der Waals surface area contributed by atoms with Gasteiger partial charge in [0.2, 0.25) is 0 Å². The molecule has 0 aliphatic heterocycles. The van der Waals surface area contributed by atoms with Gasteiger partial charge in [0, 0.05) is 6.20 Å². The van der Waals surface area contributed by atoms with Crippen molar-refractivity contribution in [1.29, 1.82) is 0 Å². The van der Waals surface area contributed by atoms with Gasteiger partial charge >= 0.3 is 5.97 Å². The molecule has 0 aliphatic carbocycles. The number of hydrogen-bond donors (Lipinski definition) is 2. The van der Waals surface area contributed by atoms with Gasteiger partial charge in [-0.1, -0.05) is 6.07 Å². The van der Waals surface area contributed by atoms with Gasteiger partial charge in [-0.15, -0.1) is 0 Å². The molecule has 102 valence electrons. The van der Waals surface area contributed by atoms with E-state index in [2.05, 4.69) is 10.3 Å². The van der Waals surface area contributed by atoms with E-state index in [1.54, 1.807) is 13.0 Å². The fourth-order valence-electron chi connectivity index (χ4n) is 1.66. The summed E-state index contributed by atoms with van der Waals surface area (Å²) < 4.78 is 13.6. The molecule has 0 fully saturated rings. The zero-order valence-electron chi connectivity index (χ0n) is 10.6. The van der Waals surface area contributed by atoms with Crippen molar-refractivity contribution in [2.45, 2.75) is 6.92 Å². The molecule has 0 saturated heterocycles. The number of carboxylic acid groups (broad SMARTS) is 1. The number of carbonyl (C=O) groups is 2. The maximum absolute atomic E-state index is 13.6. The average molecular weight is 274 g/mol. The fourth-order valence-corrected chi connectivity index (χ4v) is 1.66. The number of anilines is 1. The van der Waals surface area contributed by atoms with Crippen LogP contribution in [0.2, 0.25) is 0 Å². The van der Waals surface area contributed by atoms with Gasteiger partial charge in [-0.25, -0.2) is 9.18 Å². The highest BCUT2D eigenvalue weighted by Gasteiger charge is 2.18. The van der Waals surface area contributed by atoms with Gasteiger partial charge in [0.05, 0.1) is 11.3 Å². The fraction of sp³-hybridized carbons (Fsp3) is 0.0714. The molecule has 0 radical (unpaired) electrons. The first-order chi connectivity index (χ1) is 9.49. The maximum Gasteiger partial charge on any atom is 0.338 e. The lowest BCUT2D eigenvalue weighted by Crippen LogP contribution is -2.18. The van der Waals surface area contributed by atoms with Crippen LogP contribution in [0.3, 0.4) is 0 Å². The van der Waals surface area contributed by atoms with Crippen molar-refractivity contribution in [2.24, 2.45) is 0 Å². The summed E-state index contributed by atoms with van der Waals surface area (Å²) in [4.78, 5) is 26.7. The molecule has 2 rings (SSSR count). The Kier molecular flexibility index (Phi) is 3.74. The van der Waals surface area contributed by atoms with Gasteiger partial charge in [-0.2, -0.15) is 0 Å². The number of amides is 1. The van der Waals surface area contributed by atoms with Crippen molar-refractivity contribution in [1.82, 2.24) is 4.98 Å². The Morgan fingerprint density at radius 2 is 2.05 bits per heavy atom. The summed E-state index contributed by atoms with van der Waals surface area (Å²) in [5, 5.41) is 11.3. The summed E-state index contributed by atoms with van der Waals surface area (Å²) in [6.07, 6.45) is 1.30. The highest BCUT2D eigenvalue weighted by atomic mass is 19.1. The highest BCUT2D eigenvalue weighted by molar-refractivity contribution is 6.09. The van der Waals surface area contributed by atoms with E-state index >= 15 is 0 Å². The summed E-state index contributed by atoms with van der Waals surface area (Å²) in [5.41, 5.74) is 0.185. The van der Waals surface area contributed by atoms with Crippen LogP contribution in [0, 0.1) is 12.7 Å². The smallest absolute Gasteiger partial charge is 0.338 e. The zero-order chi connectivity index (χ0) is 14.7. The van der Waals surface area contributed by atoms with Gasteiger partial charge in [0.25, 0.3) is 5.91 Å². The quantitative estimate of drug-likeness (QED) is 0.901. The van der Waals surface area contributed by atoms with Crippen LogP contribution in [0.4, 0.5) is 10.1 Å². The molecule has 0 unspecified atom stereocenters. The molecule has 0 bridgehead atoms. The van der Waals surface area contributed by atoms with Crippen LogP contribution in [0.5, 0.6) is 0 Å². The van der Waals surface area contributed by atoms with Crippen molar-refractivity contribution in [2.75, 3.05) is 5.32 Å². The third kappa shape index (κ3) is 2.80. The first-order valence-electron chi connectivity index (χ1n) is 5.75. The van der Waals surface area contributed by atoms with Gasteiger partial charge in [0.15, 0.2) is 0 Å². The number of halogens is 1. The molecule has 1 heterocycles. The van der Waals surface area contributed by atoms with Crippen LogP contribution < -0.4 is 5.32 Å². The Hall–Kier alpha value is -2.76. The zero-order valence-corrected chi connectivity index (χ0v) is 10.6. The van der Waals surface area contributed by atoms with Crippen LogP contribution in [0.1, 0.15) is 26.4 Å². The number of nitrogens with one attached hydrogen (secondary N) is 1. The van der Waals surface area contributed by atoms with Crippen molar-refractivity contribution in [3.63, 3.8) is 0 Å². The lowest BCUT2D eigenvalue weighted by atomic mass is 10.1. The standard InChI is InChI=1S/C14H11FN2O3/c1-8-4-5-11(10(15)7-8)17-13(18)12-9(14(19)20)3-2-6-16-12/h2-7H,1H3,(H,17,18)(H,19,20). The number of carbonyl (C=O) groups excluding carboxylic acids is 1. The number of benzene rings is 1. The van der Waals surface area contributed by atoms with E-state index in [4.69, 9.17) is 5.11 Å². The van der Waals surface area contributed by atoms with E-state index in [1.807, 2.05) is 0 Å². The Morgan fingerprint density at radius 3 is 2.70 bits per heavy atom. The molecule has 0 spiro atoms. The van der Waals surface area contributed by atoms with Crippen LogP contribution in [-0.2, 0) is 0 Å². The Bertz CT molecular complexity index is 686. The number of aromatic carboxylic acids is 1. The molecule has 20 heavy (non-hydrogen) atoms. The number of carboxylic acids is 1. The van der Waals surface area contributed by atoms with E-state index in [0.717, 1.165) is 0 Å². The number of aryl methyl sites for hydroxylation is 1. The Labute approximate surface area is 114 Å². The first-order valence-corrected chi connectivity index (χ1v) is 5.75. The van der Waals surface area contributed by atoms with E-state index < -0.39 is 17.7 Å². The number of aromatic nitrogens is 1. The monoisotopic (exact) mass is 274 g/mol. The lowest BCUT2D eigenvalue weighted by molar-refractivity contribution is 0.0691. The van der Waals surface area contributed by atoms with E-state index in [-0.39, 0.29) is 16.9 Å². The predicted octanol–water partition coefficient (Wildman–Crippen LogP) is 2.48. The normalized spacial score (nSPS) is 10.1. The minimum atomic E-state index is -1.27. The predicted molar refractivity (Wildman–Crippen MR) is 70.3 cm³/mol. The summed E-state index contributed by atoms with van der Waals surface area (Å²) in [5.74, 6) is -2.63. The largest absolute Gasteiger partial charge is 0.478 e. The molecular formula is C14H11FN2O3. The SMILES string of the molecule is Cc1ccc(NC(=O)c2ncccc2C(=O)O)c(F)c1. The molecule has 0 saturated carbocycles. The molecule has 0 atom stereocenters. The van der Waals surface area contributed by atoms with Crippen molar-refractivity contribution in [3.05, 3.63) is 59.2 Å². The third-order valence-electron chi connectivity index (χ3n) is 2.63. The van der Waals surface area contributed by atoms with Crippen LogP contribution in [-0.4, -0.2) is 22.0 Å². The van der Waals surface area contributed by atoms with Gasteiger partial charge in [-0.3, -0.25) is 9.78 Å². The molecule has 2 aromatic rings. The summed E-state index contributed by atoms with van der Waals surface area (Å²) in [7, 11) is 0. The number of hydrogen-bond acceptors (Lipinski definition) is 3. The number of nitrogens with zero attached hydrogens (tertiary/aromatic N) is 1. The van der Waals surface area contributed by atoms with Crippen LogP contribution >= 0.6 is 0 Å². The minimum absolute atomic E-state index is 0.0254. The van der Waals surface area contributed by atoms with Gasteiger partial charge < -0.3 is 10.4 Å². The molecule has 2 N–H and O–H groups in total. The molecular weight excluding hydrogens is 263 g/mol. The average Bonchev–Trinajstić information content (AvgIpc) is 2.41. The lowest BCUT2D eigenvalue weighted by Gasteiger charge is -2.08. The van der Waals surface area contributed by atoms with Crippen LogP contribution in [0.15, 0.2) is 36.5 Å². The van der Waals surface area contributed by atoms with Gasteiger partial charge in [-0.05, 0) is 36.8 Å². The van der Waals surface area contributed by atoms with E-state index in [0.29, 0.717) is 5.56 Å². The maximum atomic E-state index is 13.6. The summed E-state index contributed by atoms with van der Waals surface area (Å²) in [6.45, 7) is 1.72. The Morgan fingerprint density at radius 1 is 1.30 bits per heavy atom. The second kappa shape index (κ2) is 5.48. The first kappa shape index (κ1) is 13.7. The second-order valence-corrected chi connectivity index (χ2v) is 4.14. The summed E-state index contributed by atoms with van der Waals surface area (Å²) in [6, 6.07) is 6.98. The molecule has 0 aliphatic rings. The highest BCUT2D eigenvalue weighted by Crippen LogP contribution is 2.17. The minimum Gasteiger partial charge on any atom is -0.478 e. The summed E-state index contributed by atoms with van der Waals surface area (Å²) >= 11 is 0.